The van der Waals surface area contributed by atoms with Gasteiger partial charge in [-0.2, -0.15) is 0 Å². The third-order valence-electron chi connectivity index (χ3n) is 6.38. The van der Waals surface area contributed by atoms with Crippen LogP contribution < -0.4 is 0 Å². The van der Waals surface area contributed by atoms with Gasteiger partial charge in [-0.3, -0.25) is 4.90 Å². The Morgan fingerprint density at radius 2 is 1.79 bits per heavy atom. The number of hydrogen-bond acceptors (Lipinski definition) is 5. The molecule has 1 unspecified atom stereocenters. The van der Waals surface area contributed by atoms with E-state index >= 15 is 0 Å². The highest BCUT2D eigenvalue weighted by atomic mass is 32.2. The van der Waals surface area contributed by atoms with Crippen molar-refractivity contribution in [2.45, 2.75) is 35.4 Å². The lowest BCUT2D eigenvalue weighted by Crippen LogP contribution is -2.35. The van der Waals surface area contributed by atoms with E-state index in [0.717, 1.165) is 18.7 Å². The van der Waals surface area contributed by atoms with Gasteiger partial charge >= 0.3 is 0 Å². The van der Waals surface area contributed by atoms with E-state index < -0.39 is 15.9 Å². The predicted molar refractivity (Wildman–Crippen MR) is 110 cm³/mol. The van der Waals surface area contributed by atoms with Crippen LogP contribution in [0.4, 0.5) is 4.39 Å². The molecule has 4 atom stereocenters. The van der Waals surface area contributed by atoms with E-state index in [-0.39, 0.29) is 23.8 Å². The van der Waals surface area contributed by atoms with Crippen LogP contribution in [-0.2, 0) is 9.84 Å². The molecule has 7 heteroatoms. The fourth-order valence-corrected chi connectivity index (χ4v) is 5.50. The Morgan fingerprint density at radius 3 is 2.41 bits per heavy atom. The summed E-state index contributed by atoms with van der Waals surface area (Å²) in [5.74, 6) is -0.0852. The summed E-state index contributed by atoms with van der Waals surface area (Å²) in [6.45, 7) is 1.49. The number of fused-ring (bicyclic) bond motifs is 1. The number of hydrogen-bond donors (Lipinski definition) is 1. The summed E-state index contributed by atoms with van der Waals surface area (Å²) in [4.78, 5) is 4.74. The van der Waals surface area contributed by atoms with E-state index in [1.165, 1.54) is 12.3 Å². The highest BCUT2D eigenvalue weighted by Crippen LogP contribution is 2.46. The van der Waals surface area contributed by atoms with Crippen LogP contribution in [0.25, 0.3) is 0 Å². The molecular formula is C22H27FN2O3S. The largest absolute Gasteiger partial charge is 0.388 e. The third kappa shape index (κ3) is 3.72. The van der Waals surface area contributed by atoms with Crippen LogP contribution in [0.2, 0.25) is 0 Å². The lowest BCUT2D eigenvalue weighted by Gasteiger charge is -2.26. The highest BCUT2D eigenvalue weighted by molar-refractivity contribution is 7.90. The zero-order chi connectivity index (χ0) is 20.9. The number of nitrogens with zero attached hydrogens (tertiary/aromatic N) is 2. The van der Waals surface area contributed by atoms with Gasteiger partial charge in [0.05, 0.1) is 11.0 Å². The number of likely N-dealkylation sites (N-methyl/N-ethyl adjacent to an activating group) is 1. The van der Waals surface area contributed by atoms with E-state index in [1.807, 2.05) is 32.3 Å². The molecular weight excluding hydrogens is 391 g/mol. The van der Waals surface area contributed by atoms with E-state index in [9.17, 15) is 17.9 Å². The Labute approximate surface area is 171 Å². The summed E-state index contributed by atoms with van der Waals surface area (Å²) in [7, 11) is 0.832. The molecule has 4 rings (SSSR count). The minimum atomic E-state index is -3.23. The first-order valence-corrected chi connectivity index (χ1v) is 11.7. The van der Waals surface area contributed by atoms with Gasteiger partial charge in [-0.1, -0.05) is 24.3 Å². The Kier molecular flexibility index (Phi) is 5.27. The second-order valence-electron chi connectivity index (χ2n) is 8.44. The third-order valence-corrected chi connectivity index (χ3v) is 7.51. The van der Waals surface area contributed by atoms with Gasteiger partial charge in [-0.25, -0.2) is 12.8 Å². The molecule has 0 amide bonds. The second-order valence-corrected chi connectivity index (χ2v) is 10.5. The minimum absolute atomic E-state index is 0.149. The molecule has 1 saturated heterocycles. The van der Waals surface area contributed by atoms with Crippen molar-refractivity contribution in [3.8, 4) is 0 Å². The number of benzene rings is 2. The Morgan fingerprint density at radius 1 is 1.10 bits per heavy atom. The van der Waals surface area contributed by atoms with Gasteiger partial charge in [0.25, 0.3) is 0 Å². The highest BCUT2D eigenvalue weighted by Gasteiger charge is 2.43. The smallest absolute Gasteiger partial charge is 0.175 e. The minimum Gasteiger partial charge on any atom is -0.388 e. The maximum atomic E-state index is 14.6. The van der Waals surface area contributed by atoms with Crippen LogP contribution in [0.1, 0.15) is 41.2 Å². The lowest BCUT2D eigenvalue weighted by molar-refractivity contribution is 0.133. The summed E-state index contributed by atoms with van der Waals surface area (Å²) in [5, 5.41) is 10.4. The maximum Gasteiger partial charge on any atom is 0.175 e. The average molecular weight is 419 g/mol. The molecule has 0 radical (unpaired) electrons. The van der Waals surface area contributed by atoms with Gasteiger partial charge in [0.2, 0.25) is 0 Å². The van der Waals surface area contributed by atoms with Crippen LogP contribution in [0.5, 0.6) is 0 Å². The number of likely N-dealkylation sites (tertiary alicyclic amines) is 1. The van der Waals surface area contributed by atoms with E-state index in [4.69, 9.17) is 0 Å². The molecule has 1 aliphatic carbocycles. The second kappa shape index (κ2) is 7.47. The SMILES string of the molecule is CN(C)[C@@H]1CN([C@H]2CC(O)c3cccc(F)c32)C[C@H]1c1ccc(S(C)(=O)=O)cc1. The van der Waals surface area contributed by atoms with Crippen molar-refractivity contribution in [3.63, 3.8) is 0 Å². The molecule has 0 bridgehead atoms. The fraction of sp³-hybridized carbons (Fsp3) is 0.455. The van der Waals surface area contributed by atoms with Gasteiger partial charge in [0.15, 0.2) is 9.84 Å². The van der Waals surface area contributed by atoms with Crippen molar-refractivity contribution in [2.24, 2.45) is 0 Å². The molecule has 1 N–H and O–H groups in total. The average Bonchev–Trinajstić information content (AvgIpc) is 3.24. The van der Waals surface area contributed by atoms with Gasteiger partial charge in [-0.15, -0.1) is 0 Å². The van der Waals surface area contributed by atoms with Crippen LogP contribution in [0.15, 0.2) is 47.4 Å². The Hall–Kier alpha value is -1.80. The number of sulfone groups is 1. The first kappa shape index (κ1) is 20.5. The number of rotatable bonds is 4. The fourth-order valence-electron chi connectivity index (χ4n) is 4.87. The van der Waals surface area contributed by atoms with Crippen LogP contribution >= 0.6 is 0 Å². The molecule has 2 aromatic rings. The summed E-state index contributed by atoms with van der Waals surface area (Å²) in [6, 6.07) is 12.1. The lowest BCUT2D eigenvalue weighted by atomic mass is 9.94. The van der Waals surface area contributed by atoms with Crippen molar-refractivity contribution in [1.82, 2.24) is 9.80 Å². The maximum absolute atomic E-state index is 14.6. The quantitative estimate of drug-likeness (QED) is 0.827. The van der Waals surface area contributed by atoms with Gasteiger partial charge in [-0.05, 0) is 49.8 Å². The van der Waals surface area contributed by atoms with Crippen molar-refractivity contribution in [3.05, 3.63) is 65.0 Å². The predicted octanol–water partition coefficient (Wildman–Crippen LogP) is 2.74. The first-order chi connectivity index (χ1) is 13.7. The Balaban J connectivity index is 1.64. The summed E-state index contributed by atoms with van der Waals surface area (Å²) in [6.07, 6.45) is 1.06. The summed E-state index contributed by atoms with van der Waals surface area (Å²) in [5.41, 5.74) is 2.38. The molecule has 156 valence electrons. The molecule has 0 saturated carbocycles. The van der Waals surface area contributed by atoms with Crippen molar-refractivity contribution < 1.29 is 17.9 Å². The molecule has 1 heterocycles. The standard InChI is InChI=1S/C22H27FN2O3S/c1-24(2)20-13-25(19-11-21(26)16-5-4-6-18(23)22(16)19)12-17(20)14-7-9-15(10-8-14)29(3,27)28/h4-10,17,19-21,26H,11-13H2,1-3H3/t17-,19-,20+,21?/m0/s1. The zero-order valence-corrected chi connectivity index (χ0v) is 17.7. The monoisotopic (exact) mass is 418 g/mol. The van der Waals surface area contributed by atoms with E-state index in [2.05, 4.69) is 9.80 Å². The van der Waals surface area contributed by atoms with Gasteiger partial charge < -0.3 is 10.0 Å². The summed E-state index contributed by atoms with van der Waals surface area (Å²) < 4.78 is 38.1. The molecule has 0 aromatic heterocycles. The summed E-state index contributed by atoms with van der Waals surface area (Å²) >= 11 is 0. The van der Waals surface area contributed by atoms with Crippen molar-refractivity contribution in [2.75, 3.05) is 33.4 Å². The number of halogens is 1. The van der Waals surface area contributed by atoms with Crippen LogP contribution in [0, 0.1) is 5.82 Å². The van der Waals surface area contributed by atoms with E-state index in [0.29, 0.717) is 22.4 Å². The molecule has 2 aliphatic rings. The van der Waals surface area contributed by atoms with Crippen LogP contribution in [-0.4, -0.2) is 62.8 Å². The molecule has 2 aromatic carbocycles. The molecule has 29 heavy (non-hydrogen) atoms. The molecule has 5 nitrogen and oxygen atoms in total. The Bertz CT molecular complexity index is 1010. The molecule has 0 spiro atoms. The zero-order valence-electron chi connectivity index (χ0n) is 16.9. The van der Waals surface area contributed by atoms with Crippen molar-refractivity contribution in [1.29, 1.82) is 0 Å². The van der Waals surface area contributed by atoms with Gasteiger partial charge in [0, 0.05) is 42.9 Å². The number of aliphatic hydroxyl groups is 1. The number of aliphatic hydroxyl groups excluding tert-OH is 1. The first-order valence-electron chi connectivity index (χ1n) is 9.83. The van der Waals surface area contributed by atoms with E-state index in [1.54, 1.807) is 18.2 Å². The topological polar surface area (TPSA) is 60.9 Å². The normalized spacial score (nSPS) is 27.5. The van der Waals surface area contributed by atoms with Gasteiger partial charge in [0.1, 0.15) is 5.82 Å². The van der Waals surface area contributed by atoms with Crippen LogP contribution in [0.3, 0.4) is 0 Å². The molecule has 1 aliphatic heterocycles. The molecule has 1 fully saturated rings. The van der Waals surface area contributed by atoms with Crippen molar-refractivity contribution >= 4 is 9.84 Å².